The van der Waals surface area contributed by atoms with Gasteiger partial charge in [0.05, 0.1) is 5.51 Å². The van der Waals surface area contributed by atoms with Crippen LogP contribution in [0.25, 0.3) is 0 Å². The molecule has 0 aliphatic rings. The van der Waals surface area contributed by atoms with E-state index >= 15 is 0 Å². The molecule has 0 spiro atoms. The Balaban J connectivity index is 2.48. The summed E-state index contributed by atoms with van der Waals surface area (Å²) in [7, 11) is 1.76. The second-order valence-electron chi connectivity index (χ2n) is 2.74. The zero-order chi connectivity index (χ0) is 9.68. The maximum atomic E-state index is 11.5. The molecule has 4 nitrogen and oxygen atoms in total. The van der Waals surface area contributed by atoms with Gasteiger partial charge in [-0.25, -0.2) is 4.98 Å². The van der Waals surface area contributed by atoms with Gasteiger partial charge in [0.2, 0.25) is 0 Å². The zero-order valence-corrected chi connectivity index (χ0v) is 8.38. The van der Waals surface area contributed by atoms with Crippen molar-refractivity contribution in [1.82, 2.24) is 9.88 Å². The molecule has 2 N–H and O–H groups in total. The van der Waals surface area contributed by atoms with Crippen LogP contribution < -0.4 is 5.73 Å². The van der Waals surface area contributed by atoms with Gasteiger partial charge in [-0.15, -0.1) is 11.3 Å². The summed E-state index contributed by atoms with van der Waals surface area (Å²) in [4.78, 5) is 17.1. The number of carbonyl (C=O) groups excluding carboxylic acids is 1. The van der Waals surface area contributed by atoms with Gasteiger partial charge in [0, 0.05) is 19.0 Å². The summed E-state index contributed by atoms with van der Waals surface area (Å²) in [5, 5.41) is 1.75. The minimum atomic E-state index is -0.0327. The Kier molecular flexibility index (Phi) is 3.85. The number of thiazole rings is 1. The smallest absolute Gasteiger partial charge is 0.273 e. The molecule has 1 aromatic heterocycles. The van der Waals surface area contributed by atoms with Crippen LogP contribution in [0.4, 0.5) is 0 Å². The van der Waals surface area contributed by atoms with Gasteiger partial charge in [-0.2, -0.15) is 0 Å². The molecule has 1 aromatic rings. The summed E-state index contributed by atoms with van der Waals surface area (Å²) in [6, 6.07) is 0. The SMILES string of the molecule is CN(CCCN)C(=O)c1cscn1. The predicted octanol–water partition coefficient (Wildman–Crippen LogP) is 0.564. The van der Waals surface area contributed by atoms with Crippen molar-refractivity contribution in [2.75, 3.05) is 20.1 Å². The number of hydrogen-bond acceptors (Lipinski definition) is 4. The summed E-state index contributed by atoms with van der Waals surface area (Å²) < 4.78 is 0. The molecule has 5 heteroatoms. The summed E-state index contributed by atoms with van der Waals surface area (Å²) in [5.74, 6) is -0.0327. The van der Waals surface area contributed by atoms with Crippen LogP contribution in [0, 0.1) is 0 Å². The van der Waals surface area contributed by atoms with Crippen LogP contribution in [0.3, 0.4) is 0 Å². The fourth-order valence-corrected chi connectivity index (χ4v) is 1.47. The minimum absolute atomic E-state index is 0.0327. The molecule has 0 saturated heterocycles. The molecule has 1 amide bonds. The molecule has 72 valence electrons. The van der Waals surface area contributed by atoms with Gasteiger partial charge in [-0.3, -0.25) is 4.79 Å². The van der Waals surface area contributed by atoms with Crippen molar-refractivity contribution in [2.45, 2.75) is 6.42 Å². The first-order valence-electron chi connectivity index (χ1n) is 4.09. The second kappa shape index (κ2) is 4.94. The normalized spacial score (nSPS) is 10.0. The van der Waals surface area contributed by atoms with Crippen molar-refractivity contribution >= 4 is 17.2 Å². The number of nitrogens with zero attached hydrogens (tertiary/aromatic N) is 2. The summed E-state index contributed by atoms with van der Waals surface area (Å²) in [6.45, 7) is 1.29. The Bertz CT molecular complexity index is 260. The van der Waals surface area contributed by atoms with Crippen molar-refractivity contribution in [2.24, 2.45) is 5.73 Å². The predicted molar refractivity (Wildman–Crippen MR) is 52.7 cm³/mol. The molecule has 0 radical (unpaired) electrons. The Morgan fingerprint density at radius 2 is 2.54 bits per heavy atom. The van der Waals surface area contributed by atoms with Crippen LogP contribution in [0.2, 0.25) is 0 Å². The maximum Gasteiger partial charge on any atom is 0.273 e. The van der Waals surface area contributed by atoms with E-state index in [1.165, 1.54) is 11.3 Å². The third-order valence-corrected chi connectivity index (χ3v) is 2.28. The highest BCUT2D eigenvalue weighted by atomic mass is 32.1. The molecule has 0 saturated carbocycles. The lowest BCUT2D eigenvalue weighted by atomic mass is 10.3. The van der Waals surface area contributed by atoms with Crippen LogP contribution in [-0.4, -0.2) is 35.9 Å². The second-order valence-corrected chi connectivity index (χ2v) is 3.46. The van der Waals surface area contributed by atoms with E-state index in [4.69, 9.17) is 5.73 Å². The van der Waals surface area contributed by atoms with Gasteiger partial charge in [0.1, 0.15) is 5.69 Å². The van der Waals surface area contributed by atoms with E-state index in [-0.39, 0.29) is 5.91 Å². The third-order valence-electron chi connectivity index (χ3n) is 1.70. The molecule has 0 fully saturated rings. The van der Waals surface area contributed by atoms with Crippen molar-refractivity contribution in [3.8, 4) is 0 Å². The van der Waals surface area contributed by atoms with E-state index in [1.807, 2.05) is 0 Å². The fraction of sp³-hybridized carbons (Fsp3) is 0.500. The van der Waals surface area contributed by atoms with Crippen LogP contribution in [0.1, 0.15) is 16.9 Å². The van der Waals surface area contributed by atoms with Gasteiger partial charge in [-0.05, 0) is 13.0 Å². The van der Waals surface area contributed by atoms with Gasteiger partial charge >= 0.3 is 0 Å². The topological polar surface area (TPSA) is 59.2 Å². The number of amides is 1. The zero-order valence-electron chi connectivity index (χ0n) is 7.56. The number of aromatic nitrogens is 1. The maximum absolute atomic E-state index is 11.5. The largest absolute Gasteiger partial charge is 0.340 e. The number of rotatable bonds is 4. The molecule has 13 heavy (non-hydrogen) atoms. The number of hydrogen-bond donors (Lipinski definition) is 1. The highest BCUT2D eigenvalue weighted by molar-refractivity contribution is 7.07. The summed E-state index contributed by atoms with van der Waals surface area (Å²) in [5.41, 5.74) is 7.52. The first kappa shape index (κ1) is 10.1. The minimum Gasteiger partial charge on any atom is -0.340 e. The lowest BCUT2D eigenvalue weighted by molar-refractivity contribution is 0.0789. The molecule has 1 rings (SSSR count). The molecule has 0 aromatic carbocycles. The first-order chi connectivity index (χ1) is 6.25. The van der Waals surface area contributed by atoms with Crippen molar-refractivity contribution in [3.63, 3.8) is 0 Å². The Morgan fingerprint density at radius 3 is 3.08 bits per heavy atom. The highest BCUT2D eigenvalue weighted by Gasteiger charge is 2.11. The molecule has 0 aliphatic heterocycles. The van der Waals surface area contributed by atoms with E-state index in [1.54, 1.807) is 22.8 Å². The van der Waals surface area contributed by atoms with Crippen LogP contribution in [0.15, 0.2) is 10.9 Å². The quantitative estimate of drug-likeness (QED) is 0.771. The summed E-state index contributed by atoms with van der Waals surface area (Å²) in [6.07, 6.45) is 0.826. The number of nitrogens with two attached hydrogens (primary N) is 1. The van der Waals surface area contributed by atoms with Crippen molar-refractivity contribution in [1.29, 1.82) is 0 Å². The van der Waals surface area contributed by atoms with E-state index in [0.29, 0.717) is 18.8 Å². The number of carbonyl (C=O) groups is 1. The molecule has 0 bridgehead atoms. The lowest BCUT2D eigenvalue weighted by Crippen LogP contribution is -2.29. The van der Waals surface area contributed by atoms with Gasteiger partial charge in [-0.1, -0.05) is 0 Å². The Hall–Kier alpha value is -0.940. The van der Waals surface area contributed by atoms with Crippen LogP contribution in [0.5, 0.6) is 0 Å². The third kappa shape index (κ3) is 2.78. The fourth-order valence-electron chi connectivity index (χ4n) is 0.944. The molecule has 0 unspecified atom stereocenters. The van der Waals surface area contributed by atoms with E-state index < -0.39 is 0 Å². The molecule has 0 aliphatic carbocycles. The Morgan fingerprint density at radius 1 is 1.77 bits per heavy atom. The molecule has 0 atom stereocenters. The highest BCUT2D eigenvalue weighted by Crippen LogP contribution is 2.04. The Labute approximate surface area is 81.4 Å². The van der Waals surface area contributed by atoms with Crippen molar-refractivity contribution in [3.05, 3.63) is 16.6 Å². The standard InChI is InChI=1S/C8H13N3OS/c1-11(4-2-3-9)8(12)7-5-13-6-10-7/h5-6H,2-4,9H2,1H3. The van der Waals surface area contributed by atoms with Crippen LogP contribution >= 0.6 is 11.3 Å². The van der Waals surface area contributed by atoms with Crippen LogP contribution in [-0.2, 0) is 0 Å². The molecular formula is C8H13N3OS. The average molecular weight is 199 g/mol. The molecular weight excluding hydrogens is 186 g/mol. The first-order valence-corrected chi connectivity index (χ1v) is 5.03. The van der Waals surface area contributed by atoms with Gasteiger partial charge in [0.25, 0.3) is 5.91 Å². The van der Waals surface area contributed by atoms with Gasteiger partial charge < -0.3 is 10.6 Å². The summed E-state index contributed by atoms with van der Waals surface area (Å²) >= 11 is 1.43. The van der Waals surface area contributed by atoms with E-state index in [9.17, 15) is 4.79 Å². The van der Waals surface area contributed by atoms with E-state index in [2.05, 4.69) is 4.98 Å². The van der Waals surface area contributed by atoms with Crippen molar-refractivity contribution < 1.29 is 4.79 Å². The van der Waals surface area contributed by atoms with E-state index in [0.717, 1.165) is 6.42 Å². The molecule has 1 heterocycles. The monoisotopic (exact) mass is 199 g/mol. The average Bonchev–Trinajstić information content (AvgIpc) is 2.65. The van der Waals surface area contributed by atoms with Gasteiger partial charge in [0.15, 0.2) is 0 Å². The lowest BCUT2D eigenvalue weighted by Gasteiger charge is -2.14.